The molecule has 0 saturated heterocycles. The SMILES string of the molecule is Nc1nc(-c2ccccc2)c(Br)c2nn(Cc3ocnc3C(F)(F)F)c(=O)n12. The number of nitrogens with zero attached hydrogens (tertiary/aromatic N) is 5. The Morgan fingerprint density at radius 2 is 1.93 bits per heavy atom. The molecule has 144 valence electrons. The van der Waals surface area contributed by atoms with Gasteiger partial charge in [-0.1, -0.05) is 30.3 Å². The smallest absolute Gasteiger partial charge is 0.436 e. The molecule has 3 aromatic heterocycles. The highest BCUT2D eigenvalue weighted by Gasteiger charge is 2.38. The monoisotopic (exact) mass is 454 g/mol. The number of rotatable bonds is 3. The van der Waals surface area contributed by atoms with Crippen molar-refractivity contribution in [2.45, 2.75) is 12.7 Å². The fraction of sp³-hybridized carbons (Fsp3) is 0.125. The van der Waals surface area contributed by atoms with Crippen molar-refractivity contribution in [1.82, 2.24) is 24.1 Å². The molecule has 12 heteroatoms. The van der Waals surface area contributed by atoms with Crippen LogP contribution in [-0.2, 0) is 12.7 Å². The Bertz CT molecular complexity index is 1230. The van der Waals surface area contributed by atoms with Crippen molar-refractivity contribution < 1.29 is 17.6 Å². The molecule has 0 spiro atoms. The van der Waals surface area contributed by atoms with E-state index in [1.54, 1.807) is 24.3 Å². The summed E-state index contributed by atoms with van der Waals surface area (Å²) in [6.45, 7) is -0.568. The van der Waals surface area contributed by atoms with Gasteiger partial charge in [-0.2, -0.15) is 13.2 Å². The minimum atomic E-state index is -4.72. The standard InChI is InChI=1S/C16H10BrF3N6O2/c17-10-11(8-4-2-1-3-5-8)23-14(21)26-13(10)24-25(15(26)27)6-9-12(16(18,19)20)22-7-28-9/h1-5,7H,6H2,(H2,21,23). The van der Waals surface area contributed by atoms with E-state index < -0.39 is 29.9 Å². The lowest BCUT2D eigenvalue weighted by molar-refractivity contribution is -0.142. The van der Waals surface area contributed by atoms with Crippen LogP contribution in [0, 0.1) is 0 Å². The van der Waals surface area contributed by atoms with Crippen molar-refractivity contribution in [3.63, 3.8) is 0 Å². The van der Waals surface area contributed by atoms with Crippen molar-refractivity contribution in [3.8, 4) is 11.3 Å². The molecule has 4 aromatic rings. The van der Waals surface area contributed by atoms with Gasteiger partial charge in [-0.3, -0.25) is 0 Å². The minimum absolute atomic E-state index is 0.115. The molecule has 0 aliphatic heterocycles. The topological polar surface area (TPSA) is 104 Å². The predicted molar refractivity (Wildman–Crippen MR) is 95.4 cm³/mol. The quantitative estimate of drug-likeness (QED) is 0.510. The van der Waals surface area contributed by atoms with Crippen LogP contribution in [-0.4, -0.2) is 24.1 Å². The largest absolute Gasteiger partial charge is 0.446 e. The third-order valence-electron chi connectivity index (χ3n) is 3.95. The number of anilines is 1. The minimum Gasteiger partial charge on any atom is -0.446 e. The van der Waals surface area contributed by atoms with Crippen LogP contribution < -0.4 is 11.4 Å². The lowest BCUT2D eigenvalue weighted by atomic mass is 10.1. The molecule has 2 N–H and O–H groups in total. The first-order valence-corrected chi connectivity index (χ1v) is 8.56. The van der Waals surface area contributed by atoms with E-state index in [9.17, 15) is 18.0 Å². The highest BCUT2D eigenvalue weighted by atomic mass is 79.9. The molecule has 0 bridgehead atoms. The van der Waals surface area contributed by atoms with E-state index in [0.29, 0.717) is 16.6 Å². The van der Waals surface area contributed by atoms with E-state index in [-0.39, 0.29) is 11.6 Å². The van der Waals surface area contributed by atoms with Crippen LogP contribution in [0.3, 0.4) is 0 Å². The first-order chi connectivity index (χ1) is 13.3. The summed E-state index contributed by atoms with van der Waals surface area (Å²) in [5.41, 5.74) is 5.22. The van der Waals surface area contributed by atoms with Crippen molar-refractivity contribution in [1.29, 1.82) is 0 Å². The number of aromatic nitrogens is 5. The number of hydrogen-bond donors (Lipinski definition) is 1. The number of oxazole rings is 1. The van der Waals surface area contributed by atoms with Crippen LogP contribution in [0.15, 0.2) is 50.4 Å². The maximum atomic E-state index is 13.0. The summed E-state index contributed by atoms with van der Waals surface area (Å²) in [6.07, 6.45) is -4.05. The molecule has 0 radical (unpaired) electrons. The number of nitrogen functional groups attached to an aromatic ring is 1. The zero-order valence-electron chi connectivity index (χ0n) is 13.8. The summed E-state index contributed by atoms with van der Waals surface area (Å²) in [5, 5.41) is 4.10. The van der Waals surface area contributed by atoms with Crippen LogP contribution >= 0.6 is 15.9 Å². The molecule has 0 atom stereocenters. The lowest BCUT2D eigenvalue weighted by Gasteiger charge is -2.06. The Labute approximate surface area is 162 Å². The number of fused-ring (bicyclic) bond motifs is 1. The molecule has 0 aliphatic rings. The van der Waals surface area contributed by atoms with Gasteiger partial charge in [-0.15, -0.1) is 5.10 Å². The second kappa shape index (κ2) is 6.48. The third kappa shape index (κ3) is 2.95. The van der Waals surface area contributed by atoms with Crippen molar-refractivity contribution in [2.75, 3.05) is 5.73 Å². The summed E-state index contributed by atoms with van der Waals surface area (Å²) in [6, 6.07) is 9.02. The zero-order valence-corrected chi connectivity index (χ0v) is 15.4. The molecule has 4 rings (SSSR count). The van der Waals surface area contributed by atoms with Crippen molar-refractivity contribution in [3.05, 3.63) is 63.1 Å². The summed E-state index contributed by atoms with van der Waals surface area (Å²) in [5.74, 6) is -0.689. The average molecular weight is 455 g/mol. The van der Waals surface area contributed by atoms with Gasteiger partial charge >= 0.3 is 11.9 Å². The Kier molecular flexibility index (Phi) is 4.22. The summed E-state index contributed by atoms with van der Waals surface area (Å²) >= 11 is 3.35. The van der Waals surface area contributed by atoms with Gasteiger partial charge < -0.3 is 10.2 Å². The number of benzene rings is 1. The second-order valence-electron chi connectivity index (χ2n) is 5.72. The zero-order chi connectivity index (χ0) is 20.1. The summed E-state index contributed by atoms with van der Waals surface area (Å²) in [7, 11) is 0. The van der Waals surface area contributed by atoms with Gasteiger partial charge in [0.25, 0.3) is 0 Å². The average Bonchev–Trinajstić information content (AvgIpc) is 3.25. The molecule has 0 fully saturated rings. The molecule has 3 heterocycles. The van der Waals surface area contributed by atoms with E-state index in [1.165, 1.54) is 0 Å². The van der Waals surface area contributed by atoms with Gasteiger partial charge in [0.05, 0.1) is 10.2 Å². The molecule has 1 aromatic carbocycles. The number of nitrogens with two attached hydrogens (primary N) is 1. The van der Waals surface area contributed by atoms with Gasteiger partial charge in [-0.05, 0) is 15.9 Å². The first kappa shape index (κ1) is 18.2. The van der Waals surface area contributed by atoms with E-state index in [4.69, 9.17) is 10.2 Å². The van der Waals surface area contributed by atoms with Gasteiger partial charge in [0.15, 0.2) is 23.5 Å². The normalized spacial score (nSPS) is 12.0. The van der Waals surface area contributed by atoms with E-state index in [0.717, 1.165) is 14.6 Å². The molecule has 0 unspecified atom stereocenters. The highest BCUT2D eigenvalue weighted by Crippen LogP contribution is 2.32. The van der Waals surface area contributed by atoms with Crippen LogP contribution in [0.25, 0.3) is 16.9 Å². The molecule has 0 aliphatic carbocycles. The van der Waals surface area contributed by atoms with E-state index in [2.05, 4.69) is 31.0 Å². The van der Waals surface area contributed by atoms with Crippen molar-refractivity contribution >= 4 is 27.5 Å². The number of hydrogen-bond acceptors (Lipinski definition) is 6. The first-order valence-electron chi connectivity index (χ1n) is 7.77. The molecular weight excluding hydrogens is 445 g/mol. The molecule has 28 heavy (non-hydrogen) atoms. The molecule has 0 saturated carbocycles. The maximum Gasteiger partial charge on any atom is 0.436 e. The molecule has 0 amide bonds. The Balaban J connectivity index is 1.86. The van der Waals surface area contributed by atoms with E-state index >= 15 is 0 Å². The van der Waals surface area contributed by atoms with Gasteiger partial charge in [-0.25, -0.2) is 23.8 Å². The molecule has 8 nitrogen and oxygen atoms in total. The number of alkyl halides is 3. The highest BCUT2D eigenvalue weighted by molar-refractivity contribution is 9.10. The Morgan fingerprint density at radius 1 is 1.21 bits per heavy atom. The van der Waals surface area contributed by atoms with Crippen LogP contribution in [0.2, 0.25) is 0 Å². The number of halogens is 4. The summed E-state index contributed by atoms with van der Waals surface area (Å²) < 4.78 is 45.9. The Morgan fingerprint density at radius 3 is 2.61 bits per heavy atom. The molecular formula is C16H10BrF3N6O2. The van der Waals surface area contributed by atoms with Gasteiger partial charge in [0.1, 0.15) is 6.54 Å². The van der Waals surface area contributed by atoms with Gasteiger partial charge in [0.2, 0.25) is 5.95 Å². The third-order valence-corrected chi connectivity index (χ3v) is 4.68. The second-order valence-corrected chi connectivity index (χ2v) is 6.51. The van der Waals surface area contributed by atoms with Crippen molar-refractivity contribution in [2.24, 2.45) is 0 Å². The maximum absolute atomic E-state index is 13.0. The van der Waals surface area contributed by atoms with Crippen LogP contribution in [0.4, 0.5) is 19.1 Å². The van der Waals surface area contributed by atoms with Crippen LogP contribution in [0.5, 0.6) is 0 Å². The Hall–Kier alpha value is -3.15. The fourth-order valence-corrected chi connectivity index (χ4v) is 3.29. The van der Waals surface area contributed by atoms with Crippen LogP contribution in [0.1, 0.15) is 11.5 Å². The lowest BCUT2D eigenvalue weighted by Crippen LogP contribution is -2.24. The fourth-order valence-electron chi connectivity index (χ4n) is 2.72. The summed E-state index contributed by atoms with van der Waals surface area (Å²) in [4.78, 5) is 20.0. The predicted octanol–water partition coefficient (Wildman–Crippen LogP) is 2.96. The van der Waals surface area contributed by atoms with E-state index in [1.807, 2.05) is 6.07 Å². The van der Waals surface area contributed by atoms with Gasteiger partial charge in [0, 0.05) is 5.56 Å².